The lowest BCUT2D eigenvalue weighted by molar-refractivity contribution is -0.126. The number of halogens is 2. The van der Waals surface area contributed by atoms with Gasteiger partial charge < -0.3 is 30.1 Å². The van der Waals surface area contributed by atoms with Crippen molar-refractivity contribution in [1.29, 1.82) is 0 Å². The monoisotopic (exact) mass is 583 g/mol. The Morgan fingerprint density at radius 3 is 2.78 bits per heavy atom. The van der Waals surface area contributed by atoms with Gasteiger partial charge >= 0.3 is 0 Å². The summed E-state index contributed by atoms with van der Waals surface area (Å²) in [5.74, 6) is -0.623. The predicted molar refractivity (Wildman–Crippen MR) is 150 cm³/mol. The summed E-state index contributed by atoms with van der Waals surface area (Å²) in [6, 6.07) is 7.74. The smallest absolute Gasteiger partial charge is 0.255 e. The highest BCUT2D eigenvalue weighted by atomic mass is 35.5. The molecule has 0 spiro atoms. The van der Waals surface area contributed by atoms with E-state index in [1.54, 1.807) is 13.0 Å². The average Bonchev–Trinajstić information content (AvgIpc) is 3.32. The van der Waals surface area contributed by atoms with Crippen LogP contribution in [0.4, 0.5) is 10.3 Å². The summed E-state index contributed by atoms with van der Waals surface area (Å²) < 4.78 is 25.0. The van der Waals surface area contributed by atoms with E-state index in [0.29, 0.717) is 46.8 Å². The fourth-order valence-corrected chi connectivity index (χ4v) is 5.22. The van der Waals surface area contributed by atoms with Crippen LogP contribution in [0, 0.1) is 5.82 Å². The van der Waals surface area contributed by atoms with Crippen molar-refractivity contribution >= 4 is 29.4 Å². The van der Waals surface area contributed by atoms with E-state index < -0.39 is 30.4 Å². The van der Waals surface area contributed by atoms with Crippen LogP contribution in [0.25, 0.3) is 11.3 Å². The van der Waals surface area contributed by atoms with Gasteiger partial charge in [0.15, 0.2) is 0 Å². The Bertz CT molecular complexity index is 1450. The topological polar surface area (TPSA) is 126 Å². The minimum Gasteiger partial charge on any atom is -0.497 e. The second kappa shape index (κ2) is 12.4. The summed E-state index contributed by atoms with van der Waals surface area (Å²) in [5.41, 5.74) is 2.41. The molecule has 0 bridgehead atoms. The highest BCUT2D eigenvalue weighted by Crippen LogP contribution is 2.33. The fraction of sp³-hybridized carbons (Fsp3) is 0.379. The molecule has 0 unspecified atom stereocenters. The first-order valence-electron chi connectivity index (χ1n) is 13.3. The molecule has 2 aliphatic rings. The number of aliphatic hydroxyl groups excluding tert-OH is 1. The molecule has 0 saturated carbocycles. The molecule has 0 radical (unpaired) electrons. The zero-order valence-electron chi connectivity index (χ0n) is 22.7. The number of nitrogens with one attached hydrogen (secondary N) is 2. The number of benzene rings is 2. The zero-order chi connectivity index (χ0) is 29.1. The molecule has 3 aromatic rings. The second-order valence-electron chi connectivity index (χ2n) is 10.0. The third-order valence-electron chi connectivity index (χ3n) is 7.44. The fourth-order valence-electron chi connectivity index (χ4n) is 5.02. The Hall–Kier alpha value is -3.80. The number of rotatable bonds is 9. The maximum absolute atomic E-state index is 14.5. The summed E-state index contributed by atoms with van der Waals surface area (Å²) in [5, 5.41) is 16.2. The Labute approximate surface area is 241 Å². The number of carbonyl (C=O) groups is 2. The van der Waals surface area contributed by atoms with E-state index in [2.05, 4.69) is 20.6 Å². The number of anilines is 1. The molecule has 2 aliphatic heterocycles. The molecule has 10 nitrogen and oxygen atoms in total. The summed E-state index contributed by atoms with van der Waals surface area (Å²) in [6.07, 6.45) is 3.23. The van der Waals surface area contributed by atoms with E-state index in [9.17, 15) is 19.1 Å². The van der Waals surface area contributed by atoms with E-state index in [1.165, 1.54) is 36.4 Å². The van der Waals surface area contributed by atoms with Crippen molar-refractivity contribution in [3.8, 4) is 17.0 Å². The summed E-state index contributed by atoms with van der Waals surface area (Å²) >= 11 is 6.45. The molecule has 2 amide bonds. The van der Waals surface area contributed by atoms with Crippen molar-refractivity contribution < 1.29 is 28.6 Å². The summed E-state index contributed by atoms with van der Waals surface area (Å²) in [6.45, 7) is 2.62. The van der Waals surface area contributed by atoms with Crippen LogP contribution in [0.3, 0.4) is 0 Å². The lowest BCUT2D eigenvalue weighted by Gasteiger charge is -2.26. The standard InChI is InChI=1S/C29H31ClFN5O5/c1-16(27(38)34-25(15-37)22-12-20(40-2)5-6-24(22)31)36-14-18-4-3-17(11-21(18)28(36)39)26-23(30)13-32-29(35-26)33-19-7-9-41-10-8-19/h3-6,11-13,16,19,25,37H,7-10,14-15H2,1-2H3,(H,34,38)(H,32,33,35)/t16-,25-/m1/s1. The van der Waals surface area contributed by atoms with Crippen LogP contribution in [-0.2, 0) is 16.1 Å². The zero-order valence-corrected chi connectivity index (χ0v) is 23.4. The number of fused-ring (bicyclic) bond motifs is 1. The minimum atomic E-state index is -1.02. The number of aromatic nitrogens is 2. The third-order valence-corrected chi connectivity index (χ3v) is 7.72. The first-order valence-corrected chi connectivity index (χ1v) is 13.7. The van der Waals surface area contributed by atoms with Crippen LogP contribution in [-0.4, -0.2) is 70.8 Å². The lowest BCUT2D eigenvalue weighted by atomic mass is 10.0. The molecular weight excluding hydrogens is 553 g/mol. The molecule has 0 aliphatic carbocycles. The van der Waals surface area contributed by atoms with Crippen molar-refractivity contribution in [1.82, 2.24) is 20.2 Å². The highest BCUT2D eigenvalue weighted by molar-refractivity contribution is 6.33. The molecule has 2 atom stereocenters. The van der Waals surface area contributed by atoms with Gasteiger partial charge in [-0.3, -0.25) is 9.59 Å². The van der Waals surface area contributed by atoms with Gasteiger partial charge in [-0.1, -0.05) is 23.7 Å². The molecule has 1 saturated heterocycles. The number of hydrogen-bond acceptors (Lipinski definition) is 8. The highest BCUT2D eigenvalue weighted by Gasteiger charge is 2.35. The number of nitrogens with zero attached hydrogens (tertiary/aromatic N) is 3. The maximum Gasteiger partial charge on any atom is 0.255 e. The van der Waals surface area contributed by atoms with Crippen LogP contribution < -0.4 is 15.4 Å². The first-order chi connectivity index (χ1) is 19.8. The molecule has 1 aromatic heterocycles. The Kier molecular flexibility index (Phi) is 8.67. The Morgan fingerprint density at radius 2 is 2.05 bits per heavy atom. The molecule has 3 heterocycles. The van der Waals surface area contributed by atoms with E-state index >= 15 is 0 Å². The van der Waals surface area contributed by atoms with Gasteiger partial charge in [0.2, 0.25) is 11.9 Å². The number of methoxy groups -OCH3 is 1. The van der Waals surface area contributed by atoms with E-state index in [0.717, 1.165) is 18.4 Å². The van der Waals surface area contributed by atoms with Gasteiger partial charge in [0.05, 0.1) is 36.7 Å². The molecule has 5 rings (SSSR count). The summed E-state index contributed by atoms with van der Waals surface area (Å²) in [4.78, 5) is 36.9. The van der Waals surface area contributed by atoms with Crippen LogP contribution >= 0.6 is 11.6 Å². The molecule has 2 aromatic carbocycles. The van der Waals surface area contributed by atoms with Gasteiger partial charge in [-0.05, 0) is 49.6 Å². The average molecular weight is 584 g/mol. The minimum absolute atomic E-state index is 0.0838. The van der Waals surface area contributed by atoms with Gasteiger partial charge in [0.25, 0.3) is 5.91 Å². The van der Waals surface area contributed by atoms with Gasteiger partial charge in [0, 0.05) is 42.5 Å². The molecule has 1 fully saturated rings. The van der Waals surface area contributed by atoms with Gasteiger partial charge in [-0.2, -0.15) is 0 Å². The van der Waals surface area contributed by atoms with Crippen molar-refractivity contribution in [2.45, 2.75) is 44.4 Å². The van der Waals surface area contributed by atoms with E-state index in [-0.39, 0.29) is 24.1 Å². The summed E-state index contributed by atoms with van der Waals surface area (Å²) in [7, 11) is 1.44. The number of carbonyl (C=O) groups excluding carboxylic acids is 2. The van der Waals surface area contributed by atoms with Crippen LogP contribution in [0.15, 0.2) is 42.6 Å². The number of amides is 2. The van der Waals surface area contributed by atoms with Crippen molar-refractivity contribution in [2.75, 3.05) is 32.2 Å². The van der Waals surface area contributed by atoms with Crippen LogP contribution in [0.1, 0.15) is 47.3 Å². The van der Waals surface area contributed by atoms with Gasteiger partial charge in [0.1, 0.15) is 17.6 Å². The van der Waals surface area contributed by atoms with Gasteiger partial charge in [-0.25, -0.2) is 14.4 Å². The number of hydrogen-bond donors (Lipinski definition) is 3. The molecule has 12 heteroatoms. The molecule has 3 N–H and O–H groups in total. The number of aliphatic hydroxyl groups is 1. The molecular formula is C29H31ClFN5O5. The van der Waals surface area contributed by atoms with Crippen molar-refractivity contribution in [2.24, 2.45) is 0 Å². The second-order valence-corrected chi connectivity index (χ2v) is 10.4. The quantitative estimate of drug-likeness (QED) is 0.348. The van der Waals surface area contributed by atoms with Gasteiger partial charge in [-0.15, -0.1) is 0 Å². The SMILES string of the molecule is COc1ccc(F)c([C@@H](CO)NC(=O)[C@@H](C)N2Cc3ccc(-c4nc(NC5CCOCC5)ncc4Cl)cc3C2=O)c1. The van der Waals surface area contributed by atoms with Crippen LogP contribution in [0.5, 0.6) is 5.75 Å². The first kappa shape index (κ1) is 28.7. The number of ether oxygens (including phenoxy) is 2. The lowest BCUT2D eigenvalue weighted by Crippen LogP contribution is -2.46. The van der Waals surface area contributed by atoms with Crippen molar-refractivity contribution in [3.05, 3.63) is 70.1 Å². The predicted octanol–water partition coefficient (Wildman–Crippen LogP) is 3.73. The molecule has 41 heavy (non-hydrogen) atoms. The van der Waals surface area contributed by atoms with E-state index in [1.807, 2.05) is 12.1 Å². The Balaban J connectivity index is 1.31. The molecule has 216 valence electrons. The van der Waals surface area contributed by atoms with Crippen LogP contribution in [0.2, 0.25) is 5.02 Å². The van der Waals surface area contributed by atoms with Crippen molar-refractivity contribution in [3.63, 3.8) is 0 Å². The third kappa shape index (κ3) is 6.12. The van der Waals surface area contributed by atoms with E-state index in [4.69, 9.17) is 21.1 Å². The Morgan fingerprint density at radius 1 is 1.27 bits per heavy atom. The normalized spacial score (nSPS) is 16.7. The largest absolute Gasteiger partial charge is 0.497 e. The maximum atomic E-state index is 14.5.